The fraction of sp³-hybridized carbons (Fsp3) is 0.450. The lowest BCUT2D eigenvalue weighted by atomic mass is 9.82. The minimum atomic E-state index is -4.17. The number of carbonyl (C=O) groups excluding carboxylic acids is 4. The Bertz CT molecular complexity index is 1910. The number of Topliss-reactive ketones (excluding diaryl/α,β-unsaturated/α-hetero) is 2. The molecule has 3 rings (SSSR count). The number of benzene rings is 2. The van der Waals surface area contributed by atoms with E-state index in [0.717, 1.165) is 19.7 Å². The first-order valence-corrected chi connectivity index (χ1v) is 20.4. The van der Waals surface area contributed by atoms with Gasteiger partial charge < -0.3 is 9.47 Å². The van der Waals surface area contributed by atoms with E-state index >= 15 is 0 Å². The van der Waals surface area contributed by atoms with Gasteiger partial charge in [0, 0.05) is 13.1 Å². The third-order valence-electron chi connectivity index (χ3n) is 7.96. The van der Waals surface area contributed by atoms with Crippen LogP contribution in [0, 0.1) is 13.8 Å². The molecule has 0 saturated carbocycles. The lowest BCUT2D eigenvalue weighted by molar-refractivity contribution is -0.153. The van der Waals surface area contributed by atoms with Crippen LogP contribution in [0.1, 0.15) is 79.4 Å². The van der Waals surface area contributed by atoms with Crippen LogP contribution >= 0.6 is 0 Å². The van der Waals surface area contributed by atoms with Crippen molar-refractivity contribution in [1.29, 1.82) is 0 Å². The summed E-state index contributed by atoms with van der Waals surface area (Å²) in [6, 6.07) is 12.4. The van der Waals surface area contributed by atoms with Gasteiger partial charge in [-0.15, -0.1) is 0 Å². The van der Waals surface area contributed by atoms with Crippen LogP contribution in [-0.4, -0.2) is 86.3 Å². The van der Waals surface area contributed by atoms with Crippen LogP contribution in [0.3, 0.4) is 0 Å². The highest BCUT2D eigenvalue weighted by Gasteiger charge is 2.37. The van der Waals surface area contributed by atoms with E-state index in [1.54, 1.807) is 65.8 Å². The molecule has 54 heavy (non-hydrogen) atoms. The summed E-state index contributed by atoms with van der Waals surface area (Å²) in [5.41, 5.74) is -0.112. The van der Waals surface area contributed by atoms with Gasteiger partial charge >= 0.3 is 11.9 Å². The van der Waals surface area contributed by atoms with E-state index < -0.39 is 67.8 Å². The number of carbonyl (C=O) groups is 4. The van der Waals surface area contributed by atoms with Gasteiger partial charge in [-0.25, -0.2) is 26.4 Å². The maximum Gasteiger partial charge on any atom is 0.339 e. The Hall–Kier alpha value is -4.24. The van der Waals surface area contributed by atoms with E-state index in [1.807, 2.05) is 13.8 Å². The first kappa shape index (κ1) is 44.2. The van der Waals surface area contributed by atoms with Crippen molar-refractivity contribution in [2.45, 2.75) is 103 Å². The molecule has 0 amide bonds. The van der Waals surface area contributed by atoms with Gasteiger partial charge in [0.05, 0.1) is 34.0 Å². The van der Waals surface area contributed by atoms with E-state index in [9.17, 15) is 36.0 Å². The predicted molar refractivity (Wildman–Crippen MR) is 205 cm³/mol. The highest BCUT2D eigenvalue weighted by Crippen LogP contribution is 2.37. The molecular formula is C40H52N2O10S2. The van der Waals surface area contributed by atoms with Gasteiger partial charge in [0.1, 0.15) is 22.8 Å². The number of hydrogen-bond donors (Lipinski definition) is 0. The second kappa shape index (κ2) is 17.5. The SMILES string of the molecule is CC(=O)CN(C/C=C1\CC/C(=C\CN(CC(C)=O)S(=O)(=O)c2ccc(C)cc2)C(C(=O)OC(C)(C)C)=C1C(=O)OC(C)(C)C)S(=O)(=O)c1ccc(C)cc1. The van der Waals surface area contributed by atoms with Gasteiger partial charge in [-0.3, -0.25) is 9.59 Å². The molecule has 1 aliphatic rings. The molecule has 0 atom stereocenters. The molecule has 12 nitrogen and oxygen atoms in total. The van der Waals surface area contributed by atoms with Crippen molar-refractivity contribution in [2.24, 2.45) is 0 Å². The molecule has 0 N–H and O–H groups in total. The largest absolute Gasteiger partial charge is 0.456 e. The molecule has 0 heterocycles. The molecule has 0 saturated heterocycles. The smallest absolute Gasteiger partial charge is 0.339 e. The Morgan fingerprint density at radius 1 is 0.593 bits per heavy atom. The van der Waals surface area contributed by atoms with Crippen molar-refractivity contribution in [3.05, 3.63) is 94.1 Å². The fourth-order valence-corrected chi connectivity index (χ4v) is 8.31. The molecule has 0 fully saturated rings. The minimum Gasteiger partial charge on any atom is -0.456 e. The van der Waals surface area contributed by atoms with Gasteiger partial charge in [0.2, 0.25) is 20.0 Å². The zero-order chi connectivity index (χ0) is 40.8. The van der Waals surface area contributed by atoms with Crippen molar-refractivity contribution in [3.63, 3.8) is 0 Å². The summed E-state index contributed by atoms with van der Waals surface area (Å²) in [5, 5.41) is 0. The normalized spacial score (nSPS) is 15.9. The molecule has 0 aromatic heterocycles. The molecule has 2 aromatic rings. The van der Waals surface area contributed by atoms with Crippen LogP contribution in [0.2, 0.25) is 0 Å². The second-order valence-corrected chi connectivity index (χ2v) is 19.2. The Labute approximate surface area is 320 Å². The highest BCUT2D eigenvalue weighted by molar-refractivity contribution is 7.89. The Balaban J connectivity index is 2.26. The second-order valence-electron chi connectivity index (χ2n) is 15.3. The van der Waals surface area contributed by atoms with Crippen LogP contribution in [0.4, 0.5) is 0 Å². The van der Waals surface area contributed by atoms with Gasteiger partial charge in [-0.05, 0) is 117 Å². The first-order chi connectivity index (χ1) is 24.8. The number of ether oxygens (including phenoxy) is 2. The monoisotopic (exact) mass is 784 g/mol. The van der Waals surface area contributed by atoms with Gasteiger partial charge in [-0.1, -0.05) is 47.5 Å². The Morgan fingerprint density at radius 2 is 0.889 bits per heavy atom. The molecule has 0 aliphatic heterocycles. The van der Waals surface area contributed by atoms with Gasteiger partial charge in [0.25, 0.3) is 0 Å². The lowest BCUT2D eigenvalue weighted by Crippen LogP contribution is -2.36. The van der Waals surface area contributed by atoms with Crippen LogP contribution in [0.5, 0.6) is 0 Å². The summed E-state index contributed by atoms with van der Waals surface area (Å²) in [4.78, 5) is 52.7. The summed E-state index contributed by atoms with van der Waals surface area (Å²) in [5.74, 6) is -2.59. The number of ketones is 2. The maximum absolute atomic E-state index is 14.1. The van der Waals surface area contributed by atoms with Crippen LogP contribution in [0.15, 0.2) is 92.8 Å². The average molecular weight is 785 g/mol. The zero-order valence-electron chi connectivity index (χ0n) is 32.8. The zero-order valence-corrected chi connectivity index (χ0v) is 34.4. The molecule has 294 valence electrons. The third-order valence-corrected chi connectivity index (χ3v) is 11.6. The average Bonchev–Trinajstić information content (AvgIpc) is 3.03. The first-order valence-electron chi connectivity index (χ1n) is 17.5. The van der Waals surface area contributed by atoms with Crippen molar-refractivity contribution in [1.82, 2.24) is 8.61 Å². The Morgan fingerprint density at radius 3 is 1.15 bits per heavy atom. The molecule has 0 spiro atoms. The van der Waals surface area contributed by atoms with Gasteiger partial charge in [-0.2, -0.15) is 8.61 Å². The highest BCUT2D eigenvalue weighted by atomic mass is 32.2. The fourth-order valence-electron chi connectivity index (χ4n) is 5.51. The maximum atomic E-state index is 14.1. The van der Waals surface area contributed by atoms with Crippen molar-refractivity contribution < 1.29 is 45.5 Å². The molecule has 0 radical (unpaired) electrons. The number of nitrogens with zero attached hydrogens (tertiary/aromatic N) is 2. The number of hydrogen-bond acceptors (Lipinski definition) is 10. The molecule has 2 aromatic carbocycles. The molecule has 14 heteroatoms. The number of aryl methyl sites for hydroxylation is 2. The van der Waals surface area contributed by atoms with E-state index in [0.29, 0.717) is 0 Å². The van der Waals surface area contributed by atoms with Crippen LogP contribution < -0.4 is 0 Å². The summed E-state index contributed by atoms with van der Waals surface area (Å²) in [6.07, 6.45) is 3.20. The number of sulfonamides is 2. The summed E-state index contributed by atoms with van der Waals surface area (Å²) in [7, 11) is -8.34. The Kier molecular flexibility index (Phi) is 14.3. The third kappa shape index (κ3) is 12.1. The van der Waals surface area contributed by atoms with E-state index in [-0.39, 0.29) is 58.0 Å². The molecular weight excluding hydrogens is 733 g/mol. The van der Waals surface area contributed by atoms with E-state index in [1.165, 1.54) is 50.3 Å². The summed E-state index contributed by atoms with van der Waals surface area (Å²) in [6.45, 7) is 14.5. The number of rotatable bonds is 14. The minimum absolute atomic E-state index is 0.0188. The van der Waals surface area contributed by atoms with Crippen molar-refractivity contribution >= 4 is 43.6 Å². The topological polar surface area (TPSA) is 162 Å². The van der Waals surface area contributed by atoms with E-state index in [2.05, 4.69) is 0 Å². The molecule has 0 unspecified atom stereocenters. The quantitative estimate of drug-likeness (QED) is 0.215. The van der Waals surface area contributed by atoms with Crippen molar-refractivity contribution in [2.75, 3.05) is 26.2 Å². The van der Waals surface area contributed by atoms with E-state index in [4.69, 9.17) is 9.47 Å². The van der Waals surface area contributed by atoms with Crippen molar-refractivity contribution in [3.8, 4) is 0 Å². The molecule has 0 bridgehead atoms. The number of esters is 2. The van der Waals surface area contributed by atoms with Crippen LogP contribution in [0.25, 0.3) is 0 Å². The van der Waals surface area contributed by atoms with Gasteiger partial charge in [0.15, 0.2) is 0 Å². The summed E-state index contributed by atoms with van der Waals surface area (Å²) >= 11 is 0. The standard InChI is InChI=1S/C40H52N2O10S2/c1-27-11-17-33(18-12-27)53(47,48)41(25-29(3)43)23-21-31-15-16-32(36(38(46)52-40(8,9)10)35(31)37(45)51-39(5,6)7)22-24-42(26-30(4)44)54(49,50)34-19-13-28(2)14-20-34/h11-14,17-22H,15-16,23-26H2,1-10H3/b31-21+,32-22+. The van der Waals surface area contributed by atoms with Crippen LogP contribution in [-0.2, 0) is 48.7 Å². The predicted octanol–water partition coefficient (Wildman–Crippen LogP) is 5.79. The molecule has 1 aliphatic carbocycles. The summed E-state index contributed by atoms with van der Waals surface area (Å²) < 4.78 is 68.5. The lowest BCUT2D eigenvalue weighted by Gasteiger charge is -2.30.